The maximum absolute atomic E-state index is 12.4. The Morgan fingerprint density at radius 1 is 1.11 bits per heavy atom. The molecule has 0 aliphatic carbocycles. The number of nitrogens with one attached hydrogen (secondary N) is 3. The largest absolute Gasteiger partial charge is 0.370 e. The summed E-state index contributed by atoms with van der Waals surface area (Å²) < 4.78 is 0. The first-order valence-electron chi connectivity index (χ1n) is 8.65. The van der Waals surface area contributed by atoms with Gasteiger partial charge in [0, 0.05) is 24.6 Å². The van der Waals surface area contributed by atoms with Crippen molar-refractivity contribution in [3.63, 3.8) is 0 Å². The van der Waals surface area contributed by atoms with Gasteiger partial charge in [-0.25, -0.2) is 9.97 Å². The summed E-state index contributed by atoms with van der Waals surface area (Å²) in [6.07, 6.45) is 3.28. The van der Waals surface area contributed by atoms with Crippen LogP contribution in [0.4, 0.5) is 11.5 Å². The number of aromatic nitrogens is 4. The second kappa shape index (κ2) is 7.25. The summed E-state index contributed by atoms with van der Waals surface area (Å²) in [5, 5.41) is 5.99. The predicted molar refractivity (Wildman–Crippen MR) is 106 cm³/mol. The quantitative estimate of drug-likeness (QED) is 0.505. The average molecular weight is 358 g/mol. The van der Waals surface area contributed by atoms with Crippen molar-refractivity contribution >= 4 is 28.4 Å². The third-order valence-electron chi connectivity index (χ3n) is 4.03. The highest BCUT2D eigenvalue weighted by Crippen LogP contribution is 2.22. The Morgan fingerprint density at radius 2 is 2.04 bits per heavy atom. The second-order valence-corrected chi connectivity index (χ2v) is 5.95. The predicted octanol–water partition coefficient (Wildman–Crippen LogP) is 3.70. The van der Waals surface area contributed by atoms with E-state index in [1.807, 2.05) is 43.3 Å². The van der Waals surface area contributed by atoms with Crippen LogP contribution in [0.1, 0.15) is 17.3 Å². The minimum atomic E-state index is -0.214. The molecular formula is C20H18N6O. The van der Waals surface area contributed by atoms with Crippen molar-refractivity contribution in [3.05, 3.63) is 66.5 Å². The van der Waals surface area contributed by atoms with Crippen LogP contribution in [-0.4, -0.2) is 32.4 Å². The van der Waals surface area contributed by atoms with E-state index < -0.39 is 0 Å². The van der Waals surface area contributed by atoms with Crippen molar-refractivity contribution in [2.24, 2.45) is 0 Å². The summed E-state index contributed by atoms with van der Waals surface area (Å²) in [6.45, 7) is 2.77. The molecule has 0 fully saturated rings. The molecule has 0 aliphatic rings. The van der Waals surface area contributed by atoms with Crippen LogP contribution >= 0.6 is 0 Å². The van der Waals surface area contributed by atoms with Crippen molar-refractivity contribution in [1.82, 2.24) is 19.9 Å². The number of imidazole rings is 1. The second-order valence-electron chi connectivity index (χ2n) is 5.95. The number of hydrogen-bond donors (Lipinski definition) is 3. The molecule has 0 saturated heterocycles. The molecule has 7 heteroatoms. The lowest BCUT2D eigenvalue weighted by molar-refractivity contribution is 0.102. The van der Waals surface area contributed by atoms with Gasteiger partial charge in [0.1, 0.15) is 11.5 Å². The summed E-state index contributed by atoms with van der Waals surface area (Å²) in [4.78, 5) is 28.7. The van der Waals surface area contributed by atoms with E-state index in [9.17, 15) is 4.79 Å². The lowest BCUT2D eigenvalue weighted by Crippen LogP contribution is -2.12. The highest BCUT2D eigenvalue weighted by molar-refractivity contribution is 6.04. The van der Waals surface area contributed by atoms with Gasteiger partial charge in [0.2, 0.25) is 0 Å². The van der Waals surface area contributed by atoms with Crippen LogP contribution in [0.3, 0.4) is 0 Å². The summed E-state index contributed by atoms with van der Waals surface area (Å²) in [7, 11) is 0. The first-order chi connectivity index (χ1) is 13.2. The molecule has 4 aromatic rings. The van der Waals surface area contributed by atoms with Gasteiger partial charge in [-0.1, -0.05) is 6.07 Å². The molecule has 0 saturated carbocycles. The number of fused-ring (bicyclic) bond motifs is 1. The van der Waals surface area contributed by atoms with Gasteiger partial charge in [0.05, 0.1) is 16.6 Å². The maximum Gasteiger partial charge on any atom is 0.257 e. The minimum Gasteiger partial charge on any atom is -0.370 e. The van der Waals surface area contributed by atoms with Gasteiger partial charge in [0.25, 0.3) is 5.91 Å². The molecule has 134 valence electrons. The van der Waals surface area contributed by atoms with Gasteiger partial charge >= 0.3 is 0 Å². The smallest absolute Gasteiger partial charge is 0.257 e. The van der Waals surface area contributed by atoms with Crippen LogP contribution in [-0.2, 0) is 0 Å². The van der Waals surface area contributed by atoms with E-state index in [0.717, 1.165) is 29.1 Å². The fourth-order valence-corrected chi connectivity index (χ4v) is 2.73. The number of H-pyrrole nitrogens is 1. The van der Waals surface area contributed by atoms with Crippen molar-refractivity contribution in [1.29, 1.82) is 0 Å². The van der Waals surface area contributed by atoms with E-state index in [0.29, 0.717) is 17.1 Å². The fourth-order valence-electron chi connectivity index (χ4n) is 2.73. The maximum atomic E-state index is 12.4. The van der Waals surface area contributed by atoms with Gasteiger partial charge in [-0.15, -0.1) is 0 Å². The normalized spacial score (nSPS) is 10.7. The number of anilines is 2. The summed E-state index contributed by atoms with van der Waals surface area (Å²) >= 11 is 0. The standard InChI is InChI=1S/C20H18N6O/c1-2-21-18-9-6-13(12-23-18)20(27)24-14-7-8-15-17(11-14)26-19(25-15)16-5-3-4-10-22-16/h3-12H,2H2,1H3,(H,21,23)(H,24,27)(H,25,26). The molecule has 0 aliphatic heterocycles. The van der Waals surface area contributed by atoms with Crippen molar-refractivity contribution < 1.29 is 4.79 Å². The molecule has 0 spiro atoms. The van der Waals surface area contributed by atoms with Gasteiger partial charge in [-0.3, -0.25) is 9.78 Å². The van der Waals surface area contributed by atoms with Crippen LogP contribution in [0, 0.1) is 0 Å². The highest BCUT2D eigenvalue weighted by atomic mass is 16.1. The highest BCUT2D eigenvalue weighted by Gasteiger charge is 2.10. The van der Waals surface area contributed by atoms with Gasteiger partial charge < -0.3 is 15.6 Å². The zero-order chi connectivity index (χ0) is 18.6. The van der Waals surface area contributed by atoms with E-state index in [1.54, 1.807) is 24.5 Å². The van der Waals surface area contributed by atoms with Crippen LogP contribution in [0.25, 0.3) is 22.6 Å². The van der Waals surface area contributed by atoms with Crippen LogP contribution in [0.15, 0.2) is 60.9 Å². The number of pyridine rings is 2. The zero-order valence-electron chi connectivity index (χ0n) is 14.7. The summed E-state index contributed by atoms with van der Waals surface area (Å²) in [5.74, 6) is 1.22. The van der Waals surface area contributed by atoms with Gasteiger partial charge in [-0.2, -0.15) is 0 Å². The molecule has 3 N–H and O–H groups in total. The average Bonchev–Trinajstić information content (AvgIpc) is 3.13. The fraction of sp³-hybridized carbons (Fsp3) is 0.100. The number of benzene rings is 1. The third-order valence-corrected chi connectivity index (χ3v) is 4.03. The molecule has 3 heterocycles. The first kappa shape index (κ1) is 16.7. The van der Waals surface area contributed by atoms with Crippen molar-refractivity contribution in [2.45, 2.75) is 6.92 Å². The third kappa shape index (κ3) is 3.62. The Balaban J connectivity index is 1.54. The van der Waals surface area contributed by atoms with E-state index in [2.05, 4.69) is 30.6 Å². The van der Waals surface area contributed by atoms with E-state index in [-0.39, 0.29) is 5.91 Å². The molecule has 0 atom stereocenters. The molecule has 0 radical (unpaired) electrons. The lowest BCUT2D eigenvalue weighted by Gasteiger charge is -2.06. The Bertz CT molecular complexity index is 1070. The lowest BCUT2D eigenvalue weighted by atomic mass is 10.2. The van der Waals surface area contributed by atoms with Gasteiger partial charge in [0.15, 0.2) is 5.82 Å². The monoisotopic (exact) mass is 358 g/mol. The Morgan fingerprint density at radius 3 is 2.78 bits per heavy atom. The SMILES string of the molecule is CCNc1ccc(C(=O)Nc2ccc3nc(-c4ccccn4)[nH]c3c2)cn1. The number of hydrogen-bond acceptors (Lipinski definition) is 5. The van der Waals surface area contributed by atoms with Crippen LogP contribution in [0.5, 0.6) is 0 Å². The van der Waals surface area contributed by atoms with Crippen molar-refractivity contribution in [2.75, 3.05) is 17.2 Å². The molecule has 7 nitrogen and oxygen atoms in total. The van der Waals surface area contributed by atoms with Gasteiger partial charge in [-0.05, 0) is 49.4 Å². The number of nitrogens with zero attached hydrogens (tertiary/aromatic N) is 3. The van der Waals surface area contributed by atoms with Crippen LogP contribution in [0.2, 0.25) is 0 Å². The van der Waals surface area contributed by atoms with E-state index in [1.165, 1.54) is 0 Å². The number of carbonyl (C=O) groups excluding carboxylic acids is 1. The Kier molecular flexibility index (Phi) is 4.49. The summed E-state index contributed by atoms with van der Waals surface area (Å²) in [6, 6.07) is 14.7. The first-order valence-corrected chi connectivity index (χ1v) is 8.65. The van der Waals surface area contributed by atoms with Crippen molar-refractivity contribution in [3.8, 4) is 11.5 Å². The molecule has 3 aromatic heterocycles. The van der Waals surface area contributed by atoms with Crippen LogP contribution < -0.4 is 10.6 Å². The number of carbonyl (C=O) groups is 1. The number of amides is 1. The zero-order valence-corrected chi connectivity index (χ0v) is 14.7. The molecular weight excluding hydrogens is 340 g/mol. The number of rotatable bonds is 5. The molecule has 1 amide bonds. The molecule has 27 heavy (non-hydrogen) atoms. The molecule has 4 rings (SSSR count). The van der Waals surface area contributed by atoms with E-state index in [4.69, 9.17) is 0 Å². The molecule has 0 bridgehead atoms. The number of aromatic amines is 1. The summed E-state index contributed by atoms with van der Waals surface area (Å²) in [5.41, 5.74) is 3.58. The minimum absolute atomic E-state index is 0.214. The molecule has 1 aromatic carbocycles. The van der Waals surface area contributed by atoms with E-state index >= 15 is 0 Å². The Hall–Kier alpha value is -3.74. The molecule has 0 unspecified atom stereocenters. The topological polar surface area (TPSA) is 95.6 Å². The Labute approximate surface area is 155 Å².